The third-order valence-corrected chi connectivity index (χ3v) is 11.7. The van der Waals surface area contributed by atoms with Crippen molar-refractivity contribution in [1.29, 1.82) is 0 Å². The molecule has 0 spiro atoms. The number of allylic oxidation sites excluding steroid dienone is 5. The predicted molar refractivity (Wildman–Crippen MR) is 250 cm³/mol. The summed E-state index contributed by atoms with van der Waals surface area (Å²) in [5.74, 6) is -0.321. The molecule has 5 heteroatoms. The van der Waals surface area contributed by atoms with Crippen LogP contribution in [0, 0.1) is 0 Å². The second kappa shape index (κ2) is 47.3. The highest BCUT2D eigenvalue weighted by Crippen LogP contribution is 2.16. The van der Waals surface area contributed by atoms with Crippen LogP contribution in [-0.4, -0.2) is 46.1 Å². The van der Waals surface area contributed by atoms with Crippen LogP contribution in [0.5, 0.6) is 0 Å². The maximum Gasteiger partial charge on any atom is 0.222 e. The van der Waals surface area contributed by atoms with Gasteiger partial charge in [0.25, 0.3) is 0 Å². The molecule has 0 saturated heterocycles. The summed E-state index contributed by atoms with van der Waals surface area (Å²) in [4.78, 5) is 12.5. The summed E-state index contributed by atoms with van der Waals surface area (Å²) in [6.07, 6.45) is 60.2. The quantitative estimate of drug-likeness (QED) is 0.0365. The number of carbonyl (C=O) groups excluding carboxylic acids is 1. The highest BCUT2D eigenvalue weighted by molar-refractivity contribution is 5.76. The molecule has 0 aromatic carbocycles. The first-order valence-electron chi connectivity index (χ1n) is 25.3. The van der Waals surface area contributed by atoms with Gasteiger partial charge in [-0.3, -0.25) is 4.79 Å². The van der Waals surface area contributed by atoms with Crippen LogP contribution in [0.4, 0.5) is 0 Å². The van der Waals surface area contributed by atoms with Gasteiger partial charge in [0.05, 0.1) is 31.3 Å². The Hall–Kier alpha value is -1.43. The van der Waals surface area contributed by atoms with E-state index in [0.29, 0.717) is 6.42 Å². The van der Waals surface area contributed by atoms with Gasteiger partial charge >= 0.3 is 0 Å². The van der Waals surface area contributed by atoms with Crippen molar-refractivity contribution in [3.05, 3.63) is 36.5 Å². The van der Waals surface area contributed by atoms with E-state index in [1.807, 2.05) is 6.08 Å². The molecule has 3 unspecified atom stereocenters. The molecule has 4 N–H and O–H groups in total. The van der Waals surface area contributed by atoms with Crippen LogP contribution in [0.25, 0.3) is 0 Å². The molecule has 0 aromatic heterocycles. The van der Waals surface area contributed by atoms with Crippen LogP contribution in [0.2, 0.25) is 0 Å². The van der Waals surface area contributed by atoms with E-state index in [-0.39, 0.29) is 18.9 Å². The second-order valence-corrected chi connectivity index (χ2v) is 17.4. The molecule has 0 radical (unpaired) electrons. The molecule has 0 aliphatic heterocycles. The van der Waals surface area contributed by atoms with Gasteiger partial charge < -0.3 is 20.6 Å². The van der Waals surface area contributed by atoms with Gasteiger partial charge in [0, 0.05) is 0 Å². The van der Waals surface area contributed by atoms with Crippen LogP contribution < -0.4 is 5.32 Å². The van der Waals surface area contributed by atoms with Crippen molar-refractivity contribution in [2.45, 2.75) is 283 Å². The molecular weight excluding hydrogens is 703 g/mol. The summed E-state index contributed by atoms with van der Waals surface area (Å²) < 4.78 is 0. The normalized spacial score (nSPS) is 13.7. The molecule has 0 aliphatic carbocycles. The second-order valence-electron chi connectivity index (χ2n) is 17.4. The molecule has 0 saturated carbocycles. The Kier molecular flexibility index (Phi) is 46.1. The Morgan fingerprint density at radius 2 is 0.789 bits per heavy atom. The van der Waals surface area contributed by atoms with Gasteiger partial charge in [0.15, 0.2) is 0 Å². The molecule has 1 amide bonds. The lowest BCUT2D eigenvalue weighted by atomic mass is 10.0. The Bertz CT molecular complexity index is 885. The third kappa shape index (κ3) is 44.0. The number of hydrogen-bond acceptors (Lipinski definition) is 4. The van der Waals surface area contributed by atoms with Crippen molar-refractivity contribution >= 4 is 5.91 Å². The topological polar surface area (TPSA) is 89.8 Å². The lowest BCUT2D eigenvalue weighted by Gasteiger charge is -2.21. The maximum absolute atomic E-state index is 12.5. The molecule has 0 bridgehead atoms. The maximum atomic E-state index is 12.5. The Morgan fingerprint density at radius 1 is 0.456 bits per heavy atom. The first-order chi connectivity index (χ1) is 28.0. The Morgan fingerprint density at radius 3 is 1.16 bits per heavy atom. The van der Waals surface area contributed by atoms with E-state index in [1.54, 1.807) is 6.08 Å². The number of hydrogen-bond donors (Lipinski definition) is 4. The predicted octanol–water partition coefficient (Wildman–Crippen LogP) is 15.1. The average Bonchev–Trinajstić information content (AvgIpc) is 3.20. The van der Waals surface area contributed by atoms with Crippen LogP contribution >= 0.6 is 0 Å². The molecule has 5 nitrogen and oxygen atoms in total. The van der Waals surface area contributed by atoms with Crippen molar-refractivity contribution in [2.75, 3.05) is 6.61 Å². The largest absolute Gasteiger partial charge is 0.394 e. The number of amides is 1. The summed E-state index contributed by atoms with van der Waals surface area (Å²) in [6, 6.07) is -0.749. The summed E-state index contributed by atoms with van der Waals surface area (Å²) in [5.41, 5.74) is 0. The van der Waals surface area contributed by atoms with Crippen molar-refractivity contribution in [2.24, 2.45) is 0 Å². The fourth-order valence-corrected chi connectivity index (χ4v) is 7.78. The number of carbonyl (C=O) groups is 1. The zero-order chi connectivity index (χ0) is 41.5. The zero-order valence-corrected chi connectivity index (χ0v) is 38.2. The lowest BCUT2D eigenvalue weighted by molar-refractivity contribution is -0.124. The summed E-state index contributed by atoms with van der Waals surface area (Å²) >= 11 is 0. The van der Waals surface area contributed by atoms with Crippen LogP contribution in [-0.2, 0) is 4.79 Å². The molecule has 0 aliphatic rings. The zero-order valence-electron chi connectivity index (χ0n) is 38.2. The van der Waals surface area contributed by atoms with E-state index >= 15 is 0 Å². The monoisotopic (exact) mass is 802 g/mol. The van der Waals surface area contributed by atoms with Gasteiger partial charge in [-0.15, -0.1) is 0 Å². The highest BCUT2D eigenvalue weighted by atomic mass is 16.3. The minimum absolute atomic E-state index is 0.00469. The van der Waals surface area contributed by atoms with Gasteiger partial charge in [0.2, 0.25) is 5.91 Å². The molecule has 336 valence electrons. The average molecular weight is 802 g/mol. The summed E-state index contributed by atoms with van der Waals surface area (Å²) in [6.45, 7) is 4.23. The summed E-state index contributed by atoms with van der Waals surface area (Å²) in [7, 11) is 0. The number of unbranched alkanes of at least 4 members (excludes halogenated alkanes) is 33. The van der Waals surface area contributed by atoms with Crippen LogP contribution in [0.1, 0.15) is 264 Å². The molecule has 0 heterocycles. The van der Waals surface area contributed by atoms with E-state index in [2.05, 4.69) is 43.5 Å². The van der Waals surface area contributed by atoms with Gasteiger partial charge in [-0.25, -0.2) is 0 Å². The van der Waals surface area contributed by atoms with E-state index in [9.17, 15) is 20.1 Å². The fraction of sp³-hybridized carbons (Fsp3) is 0.865. The SMILES string of the molecule is CCCCCCCCCCC/C=C\C/C=C\CCCCCCCC(O)CC(=O)NC(CO)C(O)/C=C/CCCCCCCCCCCCCCCCCCCCC. The lowest BCUT2D eigenvalue weighted by Crippen LogP contribution is -2.45. The molecule has 3 atom stereocenters. The third-order valence-electron chi connectivity index (χ3n) is 11.7. The standard InChI is InChI=1S/C52H99NO4/c1-3-5-7-9-11-13-15-17-19-21-23-25-27-29-31-33-35-37-39-41-43-45-49(55)47-52(57)53-50(48-54)51(56)46-44-42-40-38-36-34-32-30-28-26-24-22-20-18-16-14-12-10-8-6-4-2/h23,25,29,31,44,46,49-51,54-56H,3-22,24,26-28,30,32-43,45,47-48H2,1-2H3,(H,53,57)/b25-23-,31-29-,46-44+. The van der Waals surface area contributed by atoms with E-state index < -0.39 is 18.2 Å². The first-order valence-corrected chi connectivity index (χ1v) is 25.3. The van der Waals surface area contributed by atoms with Crippen molar-refractivity contribution in [3.8, 4) is 0 Å². The number of aliphatic hydroxyl groups is 3. The molecule has 0 rings (SSSR count). The smallest absolute Gasteiger partial charge is 0.222 e. The van der Waals surface area contributed by atoms with Gasteiger partial charge in [-0.2, -0.15) is 0 Å². The van der Waals surface area contributed by atoms with E-state index in [4.69, 9.17) is 0 Å². The van der Waals surface area contributed by atoms with Crippen LogP contribution in [0.3, 0.4) is 0 Å². The summed E-state index contributed by atoms with van der Waals surface area (Å²) in [5, 5.41) is 33.4. The number of aliphatic hydroxyl groups excluding tert-OH is 3. The van der Waals surface area contributed by atoms with Gasteiger partial charge in [0.1, 0.15) is 0 Å². The van der Waals surface area contributed by atoms with Crippen molar-refractivity contribution in [3.63, 3.8) is 0 Å². The first kappa shape index (κ1) is 55.6. The van der Waals surface area contributed by atoms with Crippen molar-refractivity contribution in [1.82, 2.24) is 5.32 Å². The van der Waals surface area contributed by atoms with Crippen LogP contribution in [0.15, 0.2) is 36.5 Å². The molecular formula is C52H99NO4. The van der Waals surface area contributed by atoms with E-state index in [0.717, 1.165) is 44.9 Å². The number of nitrogens with one attached hydrogen (secondary N) is 1. The van der Waals surface area contributed by atoms with Gasteiger partial charge in [-0.1, -0.05) is 243 Å². The molecule has 0 aromatic rings. The van der Waals surface area contributed by atoms with Crippen molar-refractivity contribution < 1.29 is 20.1 Å². The molecule has 57 heavy (non-hydrogen) atoms. The Labute approximate surface area is 355 Å². The van der Waals surface area contributed by atoms with Gasteiger partial charge in [-0.05, 0) is 51.4 Å². The minimum atomic E-state index is -0.933. The Balaban J connectivity index is 3.65. The minimum Gasteiger partial charge on any atom is -0.394 e. The van der Waals surface area contributed by atoms with E-state index in [1.165, 1.54) is 193 Å². The fourth-order valence-electron chi connectivity index (χ4n) is 7.78. The number of rotatable bonds is 46. The molecule has 0 fully saturated rings. The highest BCUT2D eigenvalue weighted by Gasteiger charge is 2.20.